The highest BCUT2D eigenvalue weighted by molar-refractivity contribution is 6.14. The molecule has 0 aliphatic carbocycles. The molecule has 25 heavy (non-hydrogen) atoms. The van der Waals surface area contributed by atoms with Gasteiger partial charge in [-0.3, -0.25) is 0 Å². The molecule has 0 heterocycles. The topological polar surface area (TPSA) is 36.9 Å². The maximum atomic E-state index is 6.35. The molecule has 0 fully saturated rings. The summed E-state index contributed by atoms with van der Waals surface area (Å²) >= 11 is 0. The summed E-state index contributed by atoms with van der Waals surface area (Å²) in [7, 11) is 0.711. The first-order valence-corrected chi connectivity index (χ1v) is 11.6. The van der Waals surface area contributed by atoms with Crippen molar-refractivity contribution in [2.24, 2.45) is 0 Å². The van der Waals surface area contributed by atoms with Crippen molar-refractivity contribution in [2.45, 2.75) is 104 Å². The monoisotopic (exact) mass is 376 g/mol. The van der Waals surface area contributed by atoms with Gasteiger partial charge in [0.2, 0.25) is 5.79 Å². The summed E-state index contributed by atoms with van der Waals surface area (Å²) in [6, 6.07) is 0. The Morgan fingerprint density at radius 1 is 0.560 bits per heavy atom. The Kier molecular flexibility index (Phi) is 15.2. The summed E-state index contributed by atoms with van der Waals surface area (Å²) in [6.07, 6.45) is 9.30. The van der Waals surface area contributed by atoms with Crippen LogP contribution < -0.4 is 0 Å². The van der Waals surface area contributed by atoms with Crippen molar-refractivity contribution in [3.63, 3.8) is 0 Å². The van der Waals surface area contributed by atoms with Crippen molar-refractivity contribution in [2.75, 3.05) is 26.4 Å². The molecular weight excluding hydrogens is 332 g/mol. The van der Waals surface area contributed by atoms with Gasteiger partial charge in [-0.05, 0) is 25.7 Å². The van der Waals surface area contributed by atoms with E-state index in [2.05, 4.69) is 34.6 Å². The third kappa shape index (κ3) is 9.00. The fourth-order valence-corrected chi connectivity index (χ4v) is 3.73. The smallest absolute Gasteiger partial charge is 0.217 e. The number of hydrogen-bond acceptors (Lipinski definition) is 4. The van der Waals surface area contributed by atoms with Crippen molar-refractivity contribution >= 4 is 10.2 Å². The van der Waals surface area contributed by atoms with E-state index in [1.54, 1.807) is 0 Å². The summed E-state index contributed by atoms with van der Waals surface area (Å²) in [4.78, 5) is 0. The summed E-state index contributed by atoms with van der Waals surface area (Å²) < 4.78 is 25.4. The summed E-state index contributed by atoms with van der Waals surface area (Å²) in [6.45, 7) is 13.6. The van der Waals surface area contributed by atoms with Gasteiger partial charge in [0.1, 0.15) is 0 Å². The lowest BCUT2D eigenvalue weighted by Crippen LogP contribution is -2.61. The van der Waals surface area contributed by atoms with E-state index in [1.165, 1.54) is 0 Å². The van der Waals surface area contributed by atoms with Crippen LogP contribution in [0.15, 0.2) is 0 Å². The van der Waals surface area contributed by atoms with E-state index in [4.69, 9.17) is 18.9 Å². The Labute approximate surface area is 159 Å². The summed E-state index contributed by atoms with van der Waals surface area (Å²) in [5, 5.41) is 0. The third-order valence-electron chi connectivity index (χ3n) is 4.57. The molecule has 0 aromatic heterocycles. The van der Waals surface area contributed by atoms with Crippen LogP contribution in [0.2, 0.25) is 0 Å². The Bertz CT molecular complexity index is 279. The molecule has 0 saturated heterocycles. The van der Waals surface area contributed by atoms with Gasteiger partial charge in [-0.15, -0.1) is 0 Å². The van der Waals surface area contributed by atoms with Crippen LogP contribution in [0.25, 0.3) is 0 Å². The van der Waals surface area contributed by atoms with Crippen molar-refractivity contribution < 1.29 is 18.9 Å². The molecule has 0 spiro atoms. The lowest BCUT2D eigenvalue weighted by molar-refractivity contribution is -0.377. The zero-order valence-corrected chi connectivity index (χ0v) is 19.8. The predicted octanol–water partition coefficient (Wildman–Crippen LogP) is 4.38. The predicted molar refractivity (Wildman–Crippen MR) is 109 cm³/mol. The average Bonchev–Trinajstić information content (AvgIpc) is 2.61. The first-order valence-electron chi connectivity index (χ1n) is 10.6. The Hall–Kier alpha value is 0.0569. The van der Waals surface area contributed by atoms with E-state index in [1.807, 2.05) is 0 Å². The molecule has 0 saturated carbocycles. The highest BCUT2D eigenvalue weighted by atomic mass is 28.1. The zero-order valence-electron chi connectivity index (χ0n) is 17.8. The zero-order chi connectivity index (χ0) is 19.0. The van der Waals surface area contributed by atoms with Crippen LogP contribution >= 0.6 is 0 Å². The first kappa shape index (κ1) is 25.1. The van der Waals surface area contributed by atoms with Crippen LogP contribution in [-0.4, -0.2) is 47.9 Å². The number of hydrogen-bond donors (Lipinski definition) is 0. The minimum Gasteiger partial charge on any atom is -0.349 e. The molecule has 0 atom stereocenters. The SMILES string of the molecule is CCCCOC([SiH3])(OCCCC)C(CC)(OCCCC)OCCCC. The molecular formula is C20H44O4Si. The standard InChI is InChI=1S/C20H44O4Si/c1-6-11-15-21-19(10-5,22-16-12-7-2)20(25,23-17-13-8-3)24-18-14-9-4/h6-18H2,1-5,25H3. The normalized spacial score (nSPS) is 12.8. The van der Waals surface area contributed by atoms with E-state index in [0.29, 0.717) is 36.7 Å². The molecule has 0 rings (SSSR count). The second kappa shape index (κ2) is 15.1. The van der Waals surface area contributed by atoms with E-state index in [-0.39, 0.29) is 0 Å². The van der Waals surface area contributed by atoms with Crippen LogP contribution in [0.3, 0.4) is 0 Å². The third-order valence-corrected chi connectivity index (χ3v) is 5.91. The highest BCUT2D eigenvalue weighted by Crippen LogP contribution is 2.35. The molecule has 5 heteroatoms. The van der Waals surface area contributed by atoms with Gasteiger partial charge in [-0.2, -0.15) is 0 Å². The Balaban J connectivity index is 5.32. The molecule has 4 nitrogen and oxygen atoms in total. The van der Waals surface area contributed by atoms with E-state index < -0.39 is 11.2 Å². The van der Waals surface area contributed by atoms with Gasteiger partial charge in [-0.1, -0.05) is 60.3 Å². The van der Waals surface area contributed by atoms with Gasteiger partial charge in [0.05, 0.1) is 23.5 Å². The maximum Gasteiger partial charge on any atom is 0.217 e. The summed E-state index contributed by atoms with van der Waals surface area (Å²) in [5.74, 6) is -0.787. The highest BCUT2D eigenvalue weighted by Gasteiger charge is 2.51. The minimum atomic E-state index is -0.787. The fraction of sp³-hybridized carbons (Fsp3) is 1.00. The molecule has 0 amide bonds. The second-order valence-electron chi connectivity index (χ2n) is 6.86. The van der Waals surface area contributed by atoms with Crippen molar-refractivity contribution in [1.29, 1.82) is 0 Å². The minimum absolute atomic E-state index is 0.689. The molecule has 0 bridgehead atoms. The number of unbranched alkanes of at least 4 members (excludes halogenated alkanes) is 4. The van der Waals surface area contributed by atoms with Crippen LogP contribution in [-0.2, 0) is 18.9 Å². The largest absolute Gasteiger partial charge is 0.349 e. The quantitative estimate of drug-likeness (QED) is 0.202. The molecule has 0 aromatic rings. The first-order chi connectivity index (χ1) is 12.1. The van der Waals surface area contributed by atoms with Crippen LogP contribution in [0.1, 0.15) is 92.4 Å². The van der Waals surface area contributed by atoms with Gasteiger partial charge in [0, 0.05) is 19.6 Å². The molecule has 0 unspecified atom stereocenters. The van der Waals surface area contributed by atoms with Crippen LogP contribution in [0.4, 0.5) is 0 Å². The molecule has 152 valence electrons. The Morgan fingerprint density at radius 2 is 0.880 bits per heavy atom. The lowest BCUT2D eigenvalue weighted by Gasteiger charge is -2.47. The second-order valence-corrected chi connectivity index (χ2v) is 8.18. The molecule has 0 N–H and O–H groups in total. The Morgan fingerprint density at radius 3 is 1.16 bits per heavy atom. The van der Waals surface area contributed by atoms with Gasteiger partial charge in [0.15, 0.2) is 5.41 Å². The van der Waals surface area contributed by atoms with E-state index in [0.717, 1.165) is 57.8 Å². The van der Waals surface area contributed by atoms with Crippen molar-refractivity contribution in [3.05, 3.63) is 0 Å². The van der Waals surface area contributed by atoms with Crippen LogP contribution in [0, 0.1) is 0 Å². The van der Waals surface area contributed by atoms with Gasteiger partial charge in [0.25, 0.3) is 0 Å². The molecule has 0 aliphatic rings. The maximum absolute atomic E-state index is 6.35. The number of ether oxygens (including phenoxy) is 4. The molecule has 0 aliphatic heterocycles. The van der Waals surface area contributed by atoms with Crippen molar-refractivity contribution in [1.82, 2.24) is 0 Å². The molecule has 0 radical (unpaired) electrons. The van der Waals surface area contributed by atoms with Gasteiger partial charge in [-0.25, -0.2) is 0 Å². The summed E-state index contributed by atoms with van der Waals surface area (Å²) in [5.41, 5.74) is -0.742. The fourth-order valence-electron chi connectivity index (χ4n) is 2.68. The van der Waals surface area contributed by atoms with Gasteiger partial charge >= 0.3 is 0 Å². The van der Waals surface area contributed by atoms with Crippen LogP contribution in [0.5, 0.6) is 0 Å². The van der Waals surface area contributed by atoms with E-state index in [9.17, 15) is 0 Å². The van der Waals surface area contributed by atoms with Crippen molar-refractivity contribution in [3.8, 4) is 0 Å². The molecule has 0 aromatic carbocycles. The van der Waals surface area contributed by atoms with E-state index >= 15 is 0 Å². The average molecular weight is 377 g/mol. The van der Waals surface area contributed by atoms with Gasteiger partial charge < -0.3 is 18.9 Å². The number of rotatable bonds is 18. The lowest BCUT2D eigenvalue weighted by atomic mass is 10.1.